The van der Waals surface area contributed by atoms with Crippen LogP contribution >= 0.6 is 11.7 Å². The maximum absolute atomic E-state index is 10.9. The summed E-state index contributed by atoms with van der Waals surface area (Å²) in [7, 11) is 1.59. The second-order valence-electron chi connectivity index (χ2n) is 3.34. The molecule has 0 aromatic carbocycles. The average Bonchev–Trinajstić information content (AvgIpc) is 2.84. The van der Waals surface area contributed by atoms with E-state index in [9.17, 15) is 9.90 Å². The van der Waals surface area contributed by atoms with Crippen molar-refractivity contribution in [3.8, 4) is 5.88 Å². The molecule has 0 saturated carbocycles. The summed E-state index contributed by atoms with van der Waals surface area (Å²) in [6, 6.07) is 0. The summed E-state index contributed by atoms with van der Waals surface area (Å²) in [4.78, 5) is 10.9. The topological polar surface area (TPSA) is 96.4 Å². The van der Waals surface area contributed by atoms with Gasteiger partial charge in [-0.2, -0.15) is 4.37 Å². The second kappa shape index (κ2) is 7.93. The predicted octanol–water partition coefficient (Wildman–Crippen LogP) is -0.996. The van der Waals surface area contributed by atoms with Gasteiger partial charge in [0.25, 0.3) is 0 Å². The Morgan fingerprint density at radius 2 is 2.53 bits per heavy atom. The second-order valence-corrected chi connectivity index (χ2v) is 3.89. The average molecular weight is 260 g/mol. The molecule has 1 amide bonds. The smallest absolute Gasteiger partial charge is 0.245 e. The monoisotopic (exact) mass is 260 g/mol. The van der Waals surface area contributed by atoms with Gasteiger partial charge in [-0.05, 0) is 0 Å². The highest BCUT2D eigenvalue weighted by Gasteiger charge is 2.06. The minimum atomic E-state index is -0.638. The molecule has 0 saturated heterocycles. The Bertz CT molecular complexity index is 320. The van der Waals surface area contributed by atoms with Crippen LogP contribution in [0.25, 0.3) is 0 Å². The van der Waals surface area contributed by atoms with Gasteiger partial charge in [0.05, 0.1) is 11.7 Å². The summed E-state index contributed by atoms with van der Waals surface area (Å²) in [6.07, 6.45) is 1.25. The van der Waals surface area contributed by atoms with Crippen LogP contribution < -0.4 is 15.4 Å². The molecule has 0 bridgehead atoms. The van der Waals surface area contributed by atoms with E-state index in [2.05, 4.69) is 19.4 Å². The zero-order valence-electron chi connectivity index (χ0n) is 9.55. The molecule has 0 radical (unpaired) electrons. The molecule has 7 nitrogen and oxygen atoms in total. The van der Waals surface area contributed by atoms with Crippen molar-refractivity contribution in [2.75, 3.05) is 26.7 Å². The number of amides is 1. The Kier molecular flexibility index (Phi) is 6.45. The highest BCUT2D eigenvalue weighted by molar-refractivity contribution is 6.99. The van der Waals surface area contributed by atoms with Gasteiger partial charge >= 0.3 is 0 Å². The fraction of sp³-hybridized carbons (Fsp3) is 0.667. The van der Waals surface area contributed by atoms with Crippen LogP contribution in [0, 0.1) is 0 Å². The van der Waals surface area contributed by atoms with Crippen molar-refractivity contribution in [2.24, 2.45) is 0 Å². The van der Waals surface area contributed by atoms with E-state index < -0.39 is 6.10 Å². The number of aliphatic hydroxyl groups is 1. The Balaban J connectivity index is 2.01. The van der Waals surface area contributed by atoms with Gasteiger partial charge in [-0.1, -0.05) is 0 Å². The van der Waals surface area contributed by atoms with Gasteiger partial charge < -0.3 is 20.5 Å². The molecular formula is C9H16N4O3S. The minimum absolute atomic E-state index is 0.0308. The summed E-state index contributed by atoms with van der Waals surface area (Å²) in [5, 5.41) is 15.0. The maximum Gasteiger partial charge on any atom is 0.245 e. The first-order valence-electron chi connectivity index (χ1n) is 5.22. The molecule has 1 aromatic rings. The Morgan fingerprint density at radius 1 is 1.71 bits per heavy atom. The first-order chi connectivity index (χ1) is 8.22. The summed E-state index contributed by atoms with van der Waals surface area (Å²) < 4.78 is 12.8. The van der Waals surface area contributed by atoms with Gasteiger partial charge in [-0.3, -0.25) is 4.79 Å². The summed E-state index contributed by atoms with van der Waals surface area (Å²) in [6.45, 7) is 1.04. The van der Waals surface area contributed by atoms with Gasteiger partial charge in [0, 0.05) is 26.6 Å². The molecule has 1 unspecified atom stereocenters. The number of nitrogens with zero attached hydrogens (tertiary/aromatic N) is 2. The lowest BCUT2D eigenvalue weighted by molar-refractivity contribution is -0.120. The van der Waals surface area contributed by atoms with E-state index in [0.717, 1.165) is 11.7 Å². The molecule has 3 N–H and O–H groups in total. The summed E-state index contributed by atoms with van der Waals surface area (Å²) in [5.74, 6) is 0.385. The quantitative estimate of drug-likeness (QED) is 0.519. The van der Waals surface area contributed by atoms with E-state index in [-0.39, 0.29) is 12.5 Å². The standard InChI is InChI=1S/C9H16N4O3S/c1-10-8(15)2-3-11-4-7(14)6-16-9-5-12-17-13-9/h5,7,11,14H,2-4,6H2,1H3,(H,10,15). The molecule has 1 heterocycles. The Labute approximate surface area is 104 Å². The Hall–Kier alpha value is -1.25. The molecule has 8 heteroatoms. The van der Waals surface area contributed by atoms with Crippen molar-refractivity contribution in [3.05, 3.63) is 6.20 Å². The molecule has 1 rings (SSSR count). The van der Waals surface area contributed by atoms with E-state index in [1.54, 1.807) is 7.05 Å². The van der Waals surface area contributed by atoms with Crippen LogP contribution in [-0.4, -0.2) is 52.6 Å². The molecule has 17 heavy (non-hydrogen) atoms. The largest absolute Gasteiger partial charge is 0.473 e. The highest BCUT2D eigenvalue weighted by atomic mass is 32.1. The van der Waals surface area contributed by atoms with Crippen molar-refractivity contribution in [1.29, 1.82) is 0 Å². The van der Waals surface area contributed by atoms with Crippen LogP contribution in [0.3, 0.4) is 0 Å². The van der Waals surface area contributed by atoms with E-state index in [4.69, 9.17) is 4.74 Å². The predicted molar refractivity (Wildman–Crippen MR) is 63.0 cm³/mol. The molecule has 0 aliphatic heterocycles. The number of carbonyl (C=O) groups is 1. The summed E-state index contributed by atoms with van der Waals surface area (Å²) in [5.41, 5.74) is 0. The van der Waals surface area contributed by atoms with Crippen LogP contribution in [0.15, 0.2) is 6.20 Å². The molecule has 0 aliphatic carbocycles. The van der Waals surface area contributed by atoms with E-state index in [0.29, 0.717) is 25.4 Å². The third-order valence-corrected chi connectivity index (χ3v) is 2.41. The van der Waals surface area contributed by atoms with Gasteiger partial charge in [-0.25, -0.2) is 0 Å². The van der Waals surface area contributed by atoms with E-state index in [1.165, 1.54) is 6.20 Å². The van der Waals surface area contributed by atoms with Crippen LogP contribution in [-0.2, 0) is 4.79 Å². The number of rotatable bonds is 8. The third kappa shape index (κ3) is 6.15. The third-order valence-electron chi connectivity index (χ3n) is 1.95. The highest BCUT2D eigenvalue weighted by Crippen LogP contribution is 2.04. The lowest BCUT2D eigenvalue weighted by Gasteiger charge is -2.11. The lowest BCUT2D eigenvalue weighted by Crippen LogP contribution is -2.33. The first-order valence-corrected chi connectivity index (χ1v) is 5.95. The van der Waals surface area contributed by atoms with Crippen LogP contribution in [0.4, 0.5) is 0 Å². The summed E-state index contributed by atoms with van der Waals surface area (Å²) >= 11 is 1.05. The number of hydrogen-bond donors (Lipinski definition) is 3. The zero-order chi connectivity index (χ0) is 12.5. The molecule has 0 fully saturated rings. The van der Waals surface area contributed by atoms with Gasteiger partial charge in [0.2, 0.25) is 11.8 Å². The van der Waals surface area contributed by atoms with Crippen molar-refractivity contribution in [3.63, 3.8) is 0 Å². The van der Waals surface area contributed by atoms with Gasteiger partial charge in [-0.15, -0.1) is 4.37 Å². The lowest BCUT2D eigenvalue weighted by atomic mass is 10.3. The number of aromatic nitrogens is 2. The number of carbonyl (C=O) groups excluding carboxylic acids is 1. The SMILES string of the molecule is CNC(=O)CCNCC(O)COc1cnsn1. The first kappa shape index (κ1) is 13.8. The van der Waals surface area contributed by atoms with Crippen molar-refractivity contribution >= 4 is 17.6 Å². The fourth-order valence-electron chi connectivity index (χ4n) is 1.06. The molecular weight excluding hydrogens is 244 g/mol. The number of hydrogen-bond acceptors (Lipinski definition) is 7. The number of nitrogens with one attached hydrogen (secondary N) is 2. The minimum Gasteiger partial charge on any atom is -0.473 e. The molecule has 1 aromatic heterocycles. The molecule has 96 valence electrons. The zero-order valence-corrected chi connectivity index (χ0v) is 10.4. The Morgan fingerprint density at radius 3 is 3.18 bits per heavy atom. The normalized spacial score (nSPS) is 12.1. The number of ether oxygens (including phenoxy) is 1. The van der Waals surface area contributed by atoms with E-state index in [1.807, 2.05) is 0 Å². The van der Waals surface area contributed by atoms with Gasteiger partial charge in [0.15, 0.2) is 0 Å². The maximum atomic E-state index is 10.9. The van der Waals surface area contributed by atoms with Crippen molar-refractivity contribution in [1.82, 2.24) is 19.4 Å². The van der Waals surface area contributed by atoms with Crippen LogP contribution in [0.5, 0.6) is 5.88 Å². The van der Waals surface area contributed by atoms with Crippen molar-refractivity contribution in [2.45, 2.75) is 12.5 Å². The van der Waals surface area contributed by atoms with Crippen LogP contribution in [0.1, 0.15) is 6.42 Å². The van der Waals surface area contributed by atoms with Crippen molar-refractivity contribution < 1.29 is 14.6 Å². The fourth-order valence-corrected chi connectivity index (χ4v) is 1.42. The van der Waals surface area contributed by atoms with E-state index >= 15 is 0 Å². The number of aliphatic hydroxyl groups excluding tert-OH is 1. The molecule has 0 spiro atoms. The van der Waals surface area contributed by atoms with Gasteiger partial charge in [0.1, 0.15) is 18.9 Å². The molecule has 0 aliphatic rings. The molecule has 1 atom stereocenters. The van der Waals surface area contributed by atoms with Crippen LogP contribution in [0.2, 0.25) is 0 Å².